The molecule has 0 radical (unpaired) electrons. The molecule has 6 heteroatoms. The molecule has 1 heterocycles. The molecule has 25 heavy (non-hydrogen) atoms. The van der Waals surface area contributed by atoms with Crippen LogP contribution in [-0.2, 0) is 6.42 Å². The first-order chi connectivity index (χ1) is 11.8. The minimum atomic E-state index is -0.900. The highest BCUT2D eigenvalue weighted by Gasteiger charge is 2.16. The van der Waals surface area contributed by atoms with Crippen LogP contribution in [0.4, 0.5) is 8.78 Å². The lowest BCUT2D eigenvalue weighted by Gasteiger charge is -2.20. The third kappa shape index (κ3) is 5.53. The van der Waals surface area contributed by atoms with Crippen LogP contribution in [0.3, 0.4) is 0 Å². The Morgan fingerprint density at radius 1 is 1.28 bits per heavy atom. The average molecular weight is 365 g/mol. The molecule has 0 amide bonds. The van der Waals surface area contributed by atoms with Crippen molar-refractivity contribution in [3.63, 3.8) is 0 Å². The van der Waals surface area contributed by atoms with Crippen molar-refractivity contribution in [3.8, 4) is 17.6 Å². The minimum Gasteiger partial charge on any atom is -0.481 e. The Morgan fingerprint density at radius 3 is 2.76 bits per heavy atom. The van der Waals surface area contributed by atoms with Crippen molar-refractivity contribution in [2.45, 2.75) is 32.2 Å². The molecule has 3 N–H and O–H groups in total. The normalized spacial score (nSPS) is 13.0. The molecule has 2 rings (SSSR count). The molecule has 0 spiro atoms. The van der Waals surface area contributed by atoms with Crippen LogP contribution in [0.2, 0.25) is 0 Å². The van der Waals surface area contributed by atoms with Crippen LogP contribution in [0.5, 0.6) is 5.75 Å². The number of aryl methyl sites for hydroxylation is 1. The summed E-state index contributed by atoms with van der Waals surface area (Å²) in [6.45, 7) is 3.32. The van der Waals surface area contributed by atoms with E-state index < -0.39 is 17.2 Å². The number of aliphatic hydroxyl groups is 1. The van der Waals surface area contributed by atoms with Crippen molar-refractivity contribution < 1.29 is 18.6 Å². The third-order valence-electron chi connectivity index (χ3n) is 3.77. The Morgan fingerprint density at radius 2 is 2.04 bits per heavy atom. The summed E-state index contributed by atoms with van der Waals surface area (Å²) in [6.07, 6.45) is 1.47. The molecule has 1 atom stereocenters. The van der Waals surface area contributed by atoms with Crippen LogP contribution in [0, 0.1) is 30.4 Å². The van der Waals surface area contributed by atoms with Crippen LogP contribution in [-0.4, -0.2) is 23.9 Å². The molecular weight excluding hydrogens is 344 g/mol. The molecule has 1 aromatic heterocycles. The average Bonchev–Trinajstić information content (AvgIpc) is 3.04. The number of halogens is 2. The first kappa shape index (κ1) is 19.4. The maximum Gasteiger partial charge on any atom is 0.165 e. The molecule has 134 valence electrons. The molecular formula is C19H21F2NO2S. The van der Waals surface area contributed by atoms with E-state index >= 15 is 0 Å². The summed E-state index contributed by atoms with van der Waals surface area (Å²) in [7, 11) is 0. The zero-order valence-electron chi connectivity index (χ0n) is 14.2. The highest BCUT2D eigenvalue weighted by atomic mass is 32.1. The number of thiophene rings is 1. The lowest BCUT2D eigenvalue weighted by molar-refractivity contribution is 0.201. The zero-order chi connectivity index (χ0) is 18.4. The molecule has 0 fully saturated rings. The van der Waals surface area contributed by atoms with E-state index in [9.17, 15) is 8.78 Å². The van der Waals surface area contributed by atoms with Gasteiger partial charge in [0.1, 0.15) is 12.4 Å². The van der Waals surface area contributed by atoms with Crippen LogP contribution >= 0.6 is 11.3 Å². The van der Waals surface area contributed by atoms with E-state index in [1.54, 1.807) is 11.3 Å². The first-order valence-electron chi connectivity index (χ1n) is 7.87. The van der Waals surface area contributed by atoms with E-state index in [1.807, 2.05) is 19.1 Å². The van der Waals surface area contributed by atoms with Crippen LogP contribution in [0.15, 0.2) is 24.3 Å². The van der Waals surface area contributed by atoms with Gasteiger partial charge in [0.15, 0.2) is 11.6 Å². The predicted octanol–water partition coefficient (Wildman–Crippen LogP) is 3.41. The minimum absolute atomic E-state index is 0.0498. The van der Waals surface area contributed by atoms with Gasteiger partial charge in [0.05, 0.1) is 11.5 Å². The second-order valence-electron chi connectivity index (χ2n) is 6.15. The van der Waals surface area contributed by atoms with Crippen molar-refractivity contribution in [1.29, 1.82) is 0 Å². The highest BCUT2D eigenvalue weighted by Crippen LogP contribution is 2.22. The van der Waals surface area contributed by atoms with Crippen molar-refractivity contribution in [2.24, 2.45) is 5.73 Å². The van der Waals surface area contributed by atoms with Crippen LogP contribution in [0.1, 0.15) is 28.7 Å². The lowest BCUT2D eigenvalue weighted by atomic mass is 9.98. The predicted molar refractivity (Wildman–Crippen MR) is 95.8 cm³/mol. The largest absolute Gasteiger partial charge is 0.481 e. The monoisotopic (exact) mass is 365 g/mol. The van der Waals surface area contributed by atoms with Gasteiger partial charge < -0.3 is 15.6 Å². The van der Waals surface area contributed by atoms with Gasteiger partial charge >= 0.3 is 0 Å². The van der Waals surface area contributed by atoms with E-state index in [0.29, 0.717) is 6.42 Å². The Balaban J connectivity index is 1.89. The zero-order valence-corrected chi connectivity index (χ0v) is 15.1. The van der Waals surface area contributed by atoms with Crippen molar-refractivity contribution in [1.82, 2.24) is 0 Å². The lowest BCUT2D eigenvalue weighted by Crippen LogP contribution is -2.40. The van der Waals surface area contributed by atoms with E-state index in [4.69, 9.17) is 15.6 Å². The van der Waals surface area contributed by atoms with Gasteiger partial charge in [-0.15, -0.1) is 11.3 Å². The van der Waals surface area contributed by atoms with Gasteiger partial charge in [-0.05, 0) is 51.0 Å². The van der Waals surface area contributed by atoms with Gasteiger partial charge in [0.25, 0.3) is 0 Å². The Labute approximate surface area is 150 Å². The molecule has 0 aliphatic rings. The van der Waals surface area contributed by atoms with E-state index in [-0.39, 0.29) is 24.5 Å². The summed E-state index contributed by atoms with van der Waals surface area (Å²) < 4.78 is 31.9. The summed E-state index contributed by atoms with van der Waals surface area (Å²) >= 11 is 1.56. The maximum absolute atomic E-state index is 13.4. The molecule has 1 unspecified atom stereocenters. The van der Waals surface area contributed by atoms with Gasteiger partial charge in [-0.3, -0.25) is 0 Å². The van der Waals surface area contributed by atoms with Crippen molar-refractivity contribution in [3.05, 3.63) is 51.2 Å². The van der Waals surface area contributed by atoms with Crippen molar-refractivity contribution >= 4 is 11.3 Å². The second kappa shape index (κ2) is 8.43. The van der Waals surface area contributed by atoms with Crippen LogP contribution in [0.25, 0.3) is 0 Å². The number of nitrogens with two attached hydrogens (primary N) is 1. The van der Waals surface area contributed by atoms with Gasteiger partial charge in [-0.2, -0.15) is 0 Å². The Bertz CT molecular complexity index is 790. The molecule has 0 saturated heterocycles. The van der Waals surface area contributed by atoms with E-state index in [0.717, 1.165) is 22.2 Å². The van der Waals surface area contributed by atoms with Gasteiger partial charge in [-0.25, -0.2) is 8.78 Å². The fourth-order valence-corrected chi connectivity index (χ4v) is 2.98. The van der Waals surface area contributed by atoms with E-state index in [2.05, 4.69) is 11.8 Å². The van der Waals surface area contributed by atoms with Crippen molar-refractivity contribution in [2.75, 3.05) is 13.2 Å². The SMILES string of the molecule is Cc1c(OCC#Cc2ccc(CCC(C)(N)CO)s2)ccc(F)c1F. The maximum atomic E-state index is 13.4. The molecule has 0 aliphatic carbocycles. The molecule has 3 nitrogen and oxygen atoms in total. The summed E-state index contributed by atoms with van der Waals surface area (Å²) in [5, 5.41) is 9.16. The number of rotatable bonds is 6. The van der Waals surface area contributed by atoms with E-state index in [1.165, 1.54) is 13.0 Å². The number of ether oxygens (including phenoxy) is 1. The molecule has 0 bridgehead atoms. The Hall–Kier alpha value is -1.94. The fourth-order valence-electron chi connectivity index (χ4n) is 2.09. The van der Waals surface area contributed by atoms with Gasteiger partial charge in [0.2, 0.25) is 0 Å². The molecule has 2 aromatic rings. The third-order valence-corrected chi connectivity index (χ3v) is 4.83. The topological polar surface area (TPSA) is 55.5 Å². The fraction of sp³-hybridized carbons (Fsp3) is 0.368. The summed E-state index contributed by atoms with van der Waals surface area (Å²) in [5.41, 5.74) is 5.47. The summed E-state index contributed by atoms with van der Waals surface area (Å²) in [5.74, 6) is 4.34. The number of benzene rings is 1. The number of aliphatic hydroxyl groups excluding tert-OH is 1. The first-order valence-corrected chi connectivity index (χ1v) is 8.69. The smallest absolute Gasteiger partial charge is 0.165 e. The van der Waals surface area contributed by atoms with Crippen LogP contribution < -0.4 is 10.5 Å². The standard InChI is InChI=1S/C19H21F2NO2S/c1-13-17(8-7-16(20)18(13)21)24-11-3-4-14-5-6-15(25-14)9-10-19(2,22)12-23/h5-8,23H,9-12,22H2,1-2H3. The quantitative estimate of drug-likeness (QED) is 0.772. The highest BCUT2D eigenvalue weighted by molar-refractivity contribution is 7.12. The Kier molecular flexibility index (Phi) is 6.54. The second-order valence-corrected chi connectivity index (χ2v) is 7.32. The van der Waals surface area contributed by atoms with Gasteiger partial charge in [-0.1, -0.05) is 11.8 Å². The molecule has 0 aliphatic heterocycles. The molecule has 0 saturated carbocycles. The number of hydrogen-bond acceptors (Lipinski definition) is 4. The summed E-state index contributed by atoms with van der Waals surface area (Å²) in [4.78, 5) is 2.04. The summed E-state index contributed by atoms with van der Waals surface area (Å²) in [6, 6.07) is 6.34. The number of hydrogen-bond donors (Lipinski definition) is 2. The van der Waals surface area contributed by atoms with Gasteiger partial charge in [0, 0.05) is 16.0 Å². The molecule has 1 aromatic carbocycles.